The quantitative estimate of drug-likeness (QED) is 0.744. The molecule has 8 heteroatoms. The first-order valence-corrected chi connectivity index (χ1v) is 8.03. The summed E-state index contributed by atoms with van der Waals surface area (Å²) in [6.07, 6.45) is 3.44. The zero-order chi connectivity index (χ0) is 17.4. The van der Waals surface area contributed by atoms with Gasteiger partial charge in [-0.05, 0) is 43.2 Å². The molecule has 1 aliphatic carbocycles. The van der Waals surface area contributed by atoms with Crippen molar-refractivity contribution in [2.24, 2.45) is 0 Å². The molecule has 8 nitrogen and oxygen atoms in total. The Morgan fingerprint density at radius 1 is 1.32 bits per heavy atom. The van der Waals surface area contributed by atoms with Gasteiger partial charge in [-0.2, -0.15) is 10.2 Å². The van der Waals surface area contributed by atoms with Crippen LogP contribution in [0.15, 0.2) is 41.5 Å². The number of nitrogens with zero attached hydrogens (tertiary/aromatic N) is 4. The molecule has 0 saturated heterocycles. The van der Waals surface area contributed by atoms with E-state index in [0.717, 1.165) is 28.8 Å². The van der Waals surface area contributed by atoms with Crippen molar-refractivity contribution in [2.45, 2.75) is 25.4 Å². The second-order valence-electron chi connectivity index (χ2n) is 6.02. The summed E-state index contributed by atoms with van der Waals surface area (Å²) < 4.78 is 7.73. The Hall–Kier alpha value is -3.16. The molecule has 1 amide bonds. The van der Waals surface area contributed by atoms with Gasteiger partial charge in [0.1, 0.15) is 24.1 Å². The van der Waals surface area contributed by atoms with E-state index in [2.05, 4.69) is 15.5 Å². The van der Waals surface area contributed by atoms with Crippen LogP contribution in [0.25, 0.3) is 16.8 Å². The highest BCUT2D eigenvalue weighted by Crippen LogP contribution is 2.21. The summed E-state index contributed by atoms with van der Waals surface area (Å²) in [6.45, 7) is -0.0884. The second kappa shape index (κ2) is 6.04. The molecule has 1 aromatic carbocycles. The third-order valence-electron chi connectivity index (χ3n) is 4.11. The zero-order valence-corrected chi connectivity index (χ0v) is 13.7. The number of rotatable bonds is 5. The van der Waals surface area contributed by atoms with E-state index in [4.69, 9.17) is 4.74 Å². The molecule has 0 spiro atoms. The maximum absolute atomic E-state index is 12.6. The van der Waals surface area contributed by atoms with E-state index < -0.39 is 0 Å². The predicted molar refractivity (Wildman–Crippen MR) is 90.4 cm³/mol. The molecule has 4 rings (SSSR count). The summed E-state index contributed by atoms with van der Waals surface area (Å²) in [7, 11) is 1.60. The standard InChI is InChI=1S/C17H17N5O3/c1-25-13-6-2-11(3-7-13)14-8-15-17(24)21(18-10-22(15)20-14)9-16(23)19-12-4-5-12/h2-3,6-8,10,12H,4-5,9H2,1H3,(H,19,23). The molecule has 0 unspecified atom stereocenters. The molecular formula is C17H17N5O3. The van der Waals surface area contributed by atoms with Crippen molar-refractivity contribution in [3.63, 3.8) is 0 Å². The molecule has 128 valence electrons. The van der Waals surface area contributed by atoms with Crippen LogP contribution in [0.2, 0.25) is 0 Å². The zero-order valence-electron chi connectivity index (χ0n) is 13.7. The van der Waals surface area contributed by atoms with Gasteiger partial charge in [0.15, 0.2) is 0 Å². The van der Waals surface area contributed by atoms with Crippen LogP contribution in [0.4, 0.5) is 0 Å². The molecule has 1 aliphatic rings. The second-order valence-corrected chi connectivity index (χ2v) is 6.02. The van der Waals surface area contributed by atoms with E-state index in [1.54, 1.807) is 13.2 Å². The van der Waals surface area contributed by atoms with Gasteiger partial charge in [0.2, 0.25) is 5.91 Å². The number of ether oxygens (including phenoxy) is 1. The molecule has 2 aromatic heterocycles. The van der Waals surface area contributed by atoms with Gasteiger partial charge >= 0.3 is 0 Å². The number of aromatic nitrogens is 4. The van der Waals surface area contributed by atoms with Gasteiger partial charge in [-0.15, -0.1) is 0 Å². The Bertz CT molecular complexity index is 986. The normalized spacial score (nSPS) is 13.8. The van der Waals surface area contributed by atoms with Crippen molar-refractivity contribution >= 4 is 11.4 Å². The van der Waals surface area contributed by atoms with Gasteiger partial charge in [0, 0.05) is 11.6 Å². The Morgan fingerprint density at radius 3 is 2.76 bits per heavy atom. The predicted octanol–water partition coefficient (Wildman–Crippen LogP) is 0.845. The molecule has 0 aliphatic heterocycles. The molecule has 1 saturated carbocycles. The maximum Gasteiger partial charge on any atom is 0.293 e. The number of methoxy groups -OCH3 is 1. The minimum Gasteiger partial charge on any atom is -0.497 e. The molecule has 0 bridgehead atoms. The Kier molecular flexibility index (Phi) is 3.72. The van der Waals surface area contributed by atoms with Crippen molar-refractivity contribution < 1.29 is 9.53 Å². The number of carbonyl (C=O) groups excluding carboxylic acids is 1. The number of fused-ring (bicyclic) bond motifs is 1. The third kappa shape index (κ3) is 3.10. The summed E-state index contributed by atoms with van der Waals surface area (Å²) >= 11 is 0. The lowest BCUT2D eigenvalue weighted by Gasteiger charge is -2.05. The minimum atomic E-state index is -0.347. The summed E-state index contributed by atoms with van der Waals surface area (Å²) in [5, 5.41) is 11.3. The van der Waals surface area contributed by atoms with E-state index >= 15 is 0 Å². The van der Waals surface area contributed by atoms with Crippen molar-refractivity contribution in [2.75, 3.05) is 7.11 Å². The average molecular weight is 339 g/mol. The van der Waals surface area contributed by atoms with Crippen molar-refractivity contribution in [3.8, 4) is 17.0 Å². The molecule has 0 atom stereocenters. The van der Waals surface area contributed by atoms with Crippen LogP contribution in [-0.2, 0) is 11.3 Å². The van der Waals surface area contributed by atoms with Gasteiger partial charge in [-0.3, -0.25) is 9.59 Å². The number of hydrogen-bond acceptors (Lipinski definition) is 5. The van der Waals surface area contributed by atoms with Crippen LogP contribution in [0.3, 0.4) is 0 Å². The van der Waals surface area contributed by atoms with E-state index in [1.165, 1.54) is 10.8 Å². The first-order chi connectivity index (χ1) is 12.1. The fraction of sp³-hybridized carbons (Fsp3) is 0.294. The molecular weight excluding hydrogens is 322 g/mol. The highest BCUT2D eigenvalue weighted by atomic mass is 16.5. The molecule has 0 radical (unpaired) electrons. The lowest BCUT2D eigenvalue weighted by Crippen LogP contribution is -2.35. The monoisotopic (exact) mass is 339 g/mol. The SMILES string of the molecule is COc1ccc(-c2cc3c(=O)n(CC(=O)NC4CC4)ncn3n2)cc1. The molecule has 1 N–H and O–H groups in total. The number of hydrogen-bond donors (Lipinski definition) is 1. The Balaban J connectivity index is 1.64. The average Bonchev–Trinajstić information content (AvgIpc) is 3.32. The van der Waals surface area contributed by atoms with Crippen molar-refractivity contribution in [3.05, 3.63) is 47.0 Å². The van der Waals surface area contributed by atoms with Crippen LogP contribution in [0, 0.1) is 0 Å². The molecule has 2 heterocycles. The third-order valence-corrected chi connectivity index (χ3v) is 4.11. The number of benzene rings is 1. The first kappa shape index (κ1) is 15.4. The lowest BCUT2D eigenvalue weighted by atomic mass is 10.1. The van der Waals surface area contributed by atoms with Crippen LogP contribution < -0.4 is 15.6 Å². The van der Waals surface area contributed by atoms with E-state index in [9.17, 15) is 9.59 Å². The van der Waals surface area contributed by atoms with Crippen LogP contribution >= 0.6 is 0 Å². The van der Waals surface area contributed by atoms with Crippen LogP contribution in [-0.4, -0.2) is 38.5 Å². The van der Waals surface area contributed by atoms with Gasteiger partial charge in [-0.25, -0.2) is 9.20 Å². The summed E-state index contributed by atoms with van der Waals surface area (Å²) in [5.74, 6) is 0.551. The Morgan fingerprint density at radius 2 is 2.08 bits per heavy atom. The van der Waals surface area contributed by atoms with Gasteiger partial charge < -0.3 is 10.1 Å². The summed E-state index contributed by atoms with van der Waals surface area (Å²) in [4.78, 5) is 24.4. The highest BCUT2D eigenvalue weighted by Gasteiger charge is 2.23. The maximum atomic E-state index is 12.6. The van der Waals surface area contributed by atoms with Gasteiger partial charge in [-0.1, -0.05) is 0 Å². The fourth-order valence-corrected chi connectivity index (χ4v) is 2.59. The van der Waals surface area contributed by atoms with Crippen LogP contribution in [0.5, 0.6) is 5.75 Å². The van der Waals surface area contributed by atoms with E-state index in [1.807, 2.05) is 24.3 Å². The summed E-state index contributed by atoms with van der Waals surface area (Å²) in [6, 6.07) is 9.35. The largest absolute Gasteiger partial charge is 0.497 e. The first-order valence-electron chi connectivity index (χ1n) is 8.03. The van der Waals surface area contributed by atoms with Gasteiger partial charge in [0.05, 0.1) is 12.8 Å². The van der Waals surface area contributed by atoms with Crippen LogP contribution in [0.1, 0.15) is 12.8 Å². The summed E-state index contributed by atoms with van der Waals surface area (Å²) in [5.41, 5.74) is 1.55. The van der Waals surface area contributed by atoms with Crippen molar-refractivity contribution in [1.82, 2.24) is 24.7 Å². The van der Waals surface area contributed by atoms with E-state index in [0.29, 0.717) is 11.2 Å². The number of carbonyl (C=O) groups is 1. The molecule has 1 fully saturated rings. The molecule has 3 aromatic rings. The lowest BCUT2D eigenvalue weighted by molar-refractivity contribution is -0.122. The topological polar surface area (TPSA) is 90.5 Å². The highest BCUT2D eigenvalue weighted by molar-refractivity contribution is 5.76. The number of nitrogens with one attached hydrogen (secondary N) is 1. The smallest absolute Gasteiger partial charge is 0.293 e. The van der Waals surface area contributed by atoms with E-state index in [-0.39, 0.29) is 24.1 Å². The molecule has 25 heavy (non-hydrogen) atoms. The van der Waals surface area contributed by atoms with Gasteiger partial charge in [0.25, 0.3) is 5.56 Å². The Labute approximate surface area is 143 Å². The minimum absolute atomic E-state index is 0.0884. The fourth-order valence-electron chi connectivity index (χ4n) is 2.59. The number of amides is 1. The van der Waals surface area contributed by atoms with Crippen molar-refractivity contribution in [1.29, 1.82) is 0 Å².